The molecule has 2 aromatic rings. The summed E-state index contributed by atoms with van der Waals surface area (Å²) in [5, 5.41) is 2.75. The van der Waals surface area contributed by atoms with Crippen molar-refractivity contribution in [3.63, 3.8) is 0 Å². The minimum absolute atomic E-state index is 0.0578. The lowest BCUT2D eigenvalue weighted by Gasteiger charge is -2.36. The van der Waals surface area contributed by atoms with Crippen molar-refractivity contribution in [2.24, 2.45) is 0 Å². The highest BCUT2D eigenvalue weighted by Crippen LogP contribution is 2.35. The van der Waals surface area contributed by atoms with Crippen LogP contribution >= 0.6 is 11.3 Å². The topological polar surface area (TPSA) is 71.2 Å². The quantitative estimate of drug-likeness (QED) is 0.830. The summed E-state index contributed by atoms with van der Waals surface area (Å²) in [6.45, 7) is 0.859. The molecule has 0 bridgehead atoms. The number of aromatic nitrogens is 1. The standard InChI is InChI=1S/C14H18N4OS/c1-16-14(19)10-4-2-3-7-18(10)9-5-6-11-13(12(9)15)17-8-20-11/h5-6,8,10H,2-4,7,15H2,1H3,(H,16,19). The zero-order valence-electron chi connectivity index (χ0n) is 11.4. The van der Waals surface area contributed by atoms with E-state index in [2.05, 4.69) is 15.2 Å². The van der Waals surface area contributed by atoms with E-state index in [1.807, 2.05) is 12.1 Å². The SMILES string of the molecule is CNC(=O)C1CCCCN1c1ccc2scnc2c1N. The molecule has 0 spiro atoms. The summed E-state index contributed by atoms with van der Waals surface area (Å²) < 4.78 is 1.08. The number of nitrogen functional groups attached to an aromatic ring is 1. The van der Waals surface area contributed by atoms with Crippen molar-refractivity contribution in [3.05, 3.63) is 17.6 Å². The lowest BCUT2D eigenvalue weighted by Crippen LogP contribution is -2.49. The first-order valence-electron chi connectivity index (χ1n) is 6.82. The molecule has 2 heterocycles. The summed E-state index contributed by atoms with van der Waals surface area (Å²) in [7, 11) is 1.68. The Labute approximate surface area is 121 Å². The molecule has 1 aromatic heterocycles. The van der Waals surface area contributed by atoms with Gasteiger partial charge in [0.15, 0.2) is 0 Å². The van der Waals surface area contributed by atoms with Crippen molar-refractivity contribution in [3.8, 4) is 0 Å². The molecule has 6 heteroatoms. The van der Waals surface area contributed by atoms with Crippen LogP contribution in [0.25, 0.3) is 10.2 Å². The molecule has 1 aromatic carbocycles. The summed E-state index contributed by atoms with van der Waals surface area (Å²) >= 11 is 1.58. The molecular weight excluding hydrogens is 272 g/mol. The molecule has 0 aliphatic carbocycles. The number of thiazole rings is 1. The highest BCUT2D eigenvalue weighted by atomic mass is 32.1. The Morgan fingerprint density at radius 3 is 3.15 bits per heavy atom. The van der Waals surface area contributed by atoms with Crippen LogP contribution in [0.3, 0.4) is 0 Å². The first-order valence-corrected chi connectivity index (χ1v) is 7.70. The van der Waals surface area contributed by atoms with Gasteiger partial charge < -0.3 is 16.0 Å². The van der Waals surface area contributed by atoms with Gasteiger partial charge in [0.1, 0.15) is 11.6 Å². The second-order valence-corrected chi connectivity index (χ2v) is 5.90. The van der Waals surface area contributed by atoms with Gasteiger partial charge in [-0.25, -0.2) is 4.98 Å². The maximum atomic E-state index is 12.1. The monoisotopic (exact) mass is 290 g/mol. The van der Waals surface area contributed by atoms with Crippen LogP contribution in [0, 0.1) is 0 Å². The largest absolute Gasteiger partial charge is 0.395 e. The Balaban J connectivity index is 2.03. The fourth-order valence-electron chi connectivity index (χ4n) is 2.85. The second kappa shape index (κ2) is 5.28. The number of hydrogen-bond acceptors (Lipinski definition) is 5. The van der Waals surface area contributed by atoms with Gasteiger partial charge in [-0.3, -0.25) is 4.79 Å². The number of nitrogens with zero attached hydrogens (tertiary/aromatic N) is 2. The van der Waals surface area contributed by atoms with Crippen LogP contribution in [0.1, 0.15) is 19.3 Å². The molecule has 1 aliphatic heterocycles. The molecule has 0 saturated carbocycles. The molecular formula is C14H18N4OS. The number of rotatable bonds is 2. The van der Waals surface area contributed by atoms with E-state index in [4.69, 9.17) is 5.73 Å². The molecule has 5 nitrogen and oxygen atoms in total. The van der Waals surface area contributed by atoms with Crippen molar-refractivity contribution in [1.82, 2.24) is 10.3 Å². The third-order valence-corrected chi connectivity index (χ3v) is 4.67. The third kappa shape index (κ3) is 2.10. The van der Waals surface area contributed by atoms with Crippen molar-refractivity contribution in [2.75, 3.05) is 24.2 Å². The molecule has 0 radical (unpaired) electrons. The molecule has 1 amide bonds. The molecule has 20 heavy (non-hydrogen) atoms. The van der Waals surface area contributed by atoms with Crippen LogP contribution in [0.2, 0.25) is 0 Å². The van der Waals surface area contributed by atoms with E-state index < -0.39 is 0 Å². The Morgan fingerprint density at radius 1 is 1.50 bits per heavy atom. The van der Waals surface area contributed by atoms with E-state index in [1.54, 1.807) is 23.9 Å². The number of amides is 1. The zero-order valence-corrected chi connectivity index (χ0v) is 12.2. The van der Waals surface area contributed by atoms with Crippen molar-refractivity contribution in [2.45, 2.75) is 25.3 Å². The maximum absolute atomic E-state index is 12.1. The number of benzene rings is 1. The van der Waals surface area contributed by atoms with Gasteiger partial charge in [0.25, 0.3) is 0 Å². The van der Waals surface area contributed by atoms with E-state index in [-0.39, 0.29) is 11.9 Å². The molecule has 1 fully saturated rings. The van der Waals surface area contributed by atoms with Gasteiger partial charge in [0.05, 0.1) is 21.6 Å². The second-order valence-electron chi connectivity index (χ2n) is 5.02. The van der Waals surface area contributed by atoms with Gasteiger partial charge in [-0.15, -0.1) is 11.3 Å². The number of nitrogens with one attached hydrogen (secondary N) is 1. The summed E-state index contributed by atoms with van der Waals surface area (Å²) in [5.41, 5.74) is 10.5. The number of nitrogens with two attached hydrogens (primary N) is 1. The van der Waals surface area contributed by atoms with Crippen LogP contribution < -0.4 is 16.0 Å². The summed E-state index contributed by atoms with van der Waals surface area (Å²) in [4.78, 5) is 18.5. The van der Waals surface area contributed by atoms with Crippen LogP contribution in [0.15, 0.2) is 17.6 Å². The number of hydrogen-bond donors (Lipinski definition) is 2. The van der Waals surface area contributed by atoms with E-state index in [9.17, 15) is 4.79 Å². The number of anilines is 2. The van der Waals surface area contributed by atoms with Gasteiger partial charge in [0, 0.05) is 13.6 Å². The number of carbonyl (C=O) groups is 1. The Hall–Kier alpha value is -1.82. The van der Waals surface area contributed by atoms with Crippen LogP contribution in [-0.2, 0) is 4.79 Å². The van der Waals surface area contributed by atoms with Crippen LogP contribution in [0.5, 0.6) is 0 Å². The number of piperidine rings is 1. The van der Waals surface area contributed by atoms with Gasteiger partial charge >= 0.3 is 0 Å². The van der Waals surface area contributed by atoms with Gasteiger partial charge in [0.2, 0.25) is 5.91 Å². The molecule has 1 unspecified atom stereocenters. The molecule has 3 rings (SSSR count). The van der Waals surface area contributed by atoms with Gasteiger partial charge in [-0.1, -0.05) is 0 Å². The minimum atomic E-state index is -0.132. The fraction of sp³-hybridized carbons (Fsp3) is 0.429. The maximum Gasteiger partial charge on any atom is 0.242 e. The normalized spacial score (nSPS) is 19.2. The lowest BCUT2D eigenvalue weighted by molar-refractivity contribution is -0.122. The van der Waals surface area contributed by atoms with E-state index in [0.717, 1.165) is 41.7 Å². The summed E-state index contributed by atoms with van der Waals surface area (Å²) in [5.74, 6) is 0.0578. The predicted molar refractivity (Wildman–Crippen MR) is 83.1 cm³/mol. The van der Waals surface area contributed by atoms with Gasteiger partial charge in [-0.2, -0.15) is 0 Å². The predicted octanol–water partition coefficient (Wildman–Crippen LogP) is 1.98. The molecule has 106 valence electrons. The smallest absolute Gasteiger partial charge is 0.242 e. The van der Waals surface area contributed by atoms with E-state index in [0.29, 0.717) is 5.69 Å². The summed E-state index contributed by atoms with van der Waals surface area (Å²) in [6, 6.07) is 3.91. The highest BCUT2D eigenvalue weighted by Gasteiger charge is 2.29. The van der Waals surface area contributed by atoms with Crippen molar-refractivity contribution in [1.29, 1.82) is 0 Å². The van der Waals surface area contributed by atoms with Crippen LogP contribution in [0.4, 0.5) is 11.4 Å². The molecule has 1 saturated heterocycles. The van der Waals surface area contributed by atoms with Crippen LogP contribution in [-0.4, -0.2) is 30.5 Å². The Bertz CT molecular complexity index is 639. The zero-order chi connectivity index (χ0) is 14.1. The fourth-order valence-corrected chi connectivity index (χ4v) is 3.54. The van der Waals surface area contributed by atoms with E-state index >= 15 is 0 Å². The summed E-state index contributed by atoms with van der Waals surface area (Å²) in [6.07, 6.45) is 3.03. The number of likely N-dealkylation sites (N-methyl/N-ethyl adjacent to an activating group) is 1. The molecule has 3 N–H and O–H groups in total. The first-order chi connectivity index (χ1) is 9.72. The minimum Gasteiger partial charge on any atom is -0.395 e. The Morgan fingerprint density at radius 2 is 2.35 bits per heavy atom. The molecule has 1 aliphatic rings. The highest BCUT2D eigenvalue weighted by molar-refractivity contribution is 7.16. The van der Waals surface area contributed by atoms with Crippen molar-refractivity contribution >= 4 is 38.8 Å². The Kier molecular flexibility index (Phi) is 3.48. The third-order valence-electron chi connectivity index (χ3n) is 3.88. The lowest BCUT2D eigenvalue weighted by atomic mass is 10.00. The van der Waals surface area contributed by atoms with E-state index in [1.165, 1.54) is 0 Å². The number of carbonyl (C=O) groups excluding carboxylic acids is 1. The first kappa shape index (κ1) is 13.2. The molecule has 1 atom stereocenters. The van der Waals surface area contributed by atoms with Gasteiger partial charge in [-0.05, 0) is 31.4 Å². The average Bonchev–Trinajstić information content (AvgIpc) is 2.96. The average molecular weight is 290 g/mol. The van der Waals surface area contributed by atoms with Crippen molar-refractivity contribution < 1.29 is 4.79 Å². The number of fused-ring (bicyclic) bond motifs is 1.